The highest BCUT2D eigenvalue weighted by atomic mass is 79.9. The van der Waals surface area contributed by atoms with Gasteiger partial charge in [0.1, 0.15) is 0 Å². The van der Waals surface area contributed by atoms with Crippen LogP contribution in [0.25, 0.3) is 0 Å². The third-order valence-corrected chi connectivity index (χ3v) is 4.14. The molecule has 2 rings (SSSR count). The van der Waals surface area contributed by atoms with Crippen molar-refractivity contribution in [1.29, 1.82) is 0 Å². The number of rotatable bonds is 2. The van der Waals surface area contributed by atoms with Gasteiger partial charge in [0.2, 0.25) is 0 Å². The van der Waals surface area contributed by atoms with Crippen molar-refractivity contribution < 1.29 is 4.79 Å². The standard InChI is InChI=1S/C12H19BrN4O/c1-7(2)10-9(13)11(16-15-10)12(18)17-5-3-8(14)4-6-17/h7-8H,3-6,14H2,1-2H3,(H,15,16). The second-order valence-electron chi connectivity index (χ2n) is 5.08. The number of likely N-dealkylation sites (tertiary alicyclic amines) is 1. The second kappa shape index (κ2) is 5.40. The van der Waals surface area contributed by atoms with Gasteiger partial charge >= 0.3 is 0 Å². The Labute approximate surface area is 115 Å². The lowest BCUT2D eigenvalue weighted by atomic mass is 10.1. The third kappa shape index (κ3) is 2.59. The summed E-state index contributed by atoms with van der Waals surface area (Å²) in [7, 11) is 0. The maximum absolute atomic E-state index is 12.3. The van der Waals surface area contributed by atoms with Crippen LogP contribution in [0.15, 0.2) is 4.47 Å². The van der Waals surface area contributed by atoms with E-state index in [9.17, 15) is 4.79 Å². The molecular formula is C12H19BrN4O. The van der Waals surface area contributed by atoms with E-state index in [1.807, 2.05) is 4.90 Å². The van der Waals surface area contributed by atoms with Crippen molar-refractivity contribution in [2.75, 3.05) is 13.1 Å². The Morgan fingerprint density at radius 2 is 2.11 bits per heavy atom. The maximum Gasteiger partial charge on any atom is 0.275 e. The van der Waals surface area contributed by atoms with Crippen molar-refractivity contribution in [2.24, 2.45) is 5.73 Å². The minimum atomic E-state index is -0.0167. The predicted molar refractivity (Wildman–Crippen MR) is 73.5 cm³/mol. The zero-order valence-corrected chi connectivity index (χ0v) is 12.3. The monoisotopic (exact) mass is 314 g/mol. The first-order chi connectivity index (χ1) is 8.50. The minimum absolute atomic E-state index is 0.0167. The quantitative estimate of drug-likeness (QED) is 0.875. The lowest BCUT2D eigenvalue weighted by Gasteiger charge is -2.29. The van der Waals surface area contributed by atoms with Gasteiger partial charge in [-0.25, -0.2) is 0 Å². The van der Waals surface area contributed by atoms with Crippen LogP contribution in [0.3, 0.4) is 0 Å². The molecular weight excluding hydrogens is 296 g/mol. The van der Waals surface area contributed by atoms with E-state index in [0.29, 0.717) is 11.6 Å². The molecule has 0 spiro atoms. The number of nitrogens with one attached hydrogen (secondary N) is 1. The van der Waals surface area contributed by atoms with Crippen LogP contribution >= 0.6 is 15.9 Å². The lowest BCUT2D eigenvalue weighted by Crippen LogP contribution is -2.43. The summed E-state index contributed by atoms with van der Waals surface area (Å²) < 4.78 is 0.789. The molecule has 1 fully saturated rings. The molecule has 100 valence electrons. The molecule has 3 N–H and O–H groups in total. The first kappa shape index (κ1) is 13.5. The van der Waals surface area contributed by atoms with Crippen LogP contribution < -0.4 is 5.73 Å². The fourth-order valence-electron chi connectivity index (χ4n) is 2.12. The maximum atomic E-state index is 12.3. The molecule has 1 aliphatic heterocycles. The normalized spacial score (nSPS) is 17.5. The van der Waals surface area contributed by atoms with E-state index in [0.717, 1.165) is 36.1 Å². The predicted octanol–water partition coefficient (Wildman–Crippen LogP) is 1.86. The van der Waals surface area contributed by atoms with Crippen molar-refractivity contribution in [3.05, 3.63) is 15.9 Å². The van der Waals surface area contributed by atoms with E-state index < -0.39 is 0 Å². The molecule has 0 aromatic carbocycles. The largest absolute Gasteiger partial charge is 0.337 e. The summed E-state index contributed by atoms with van der Waals surface area (Å²) in [5, 5.41) is 7.07. The topological polar surface area (TPSA) is 75.0 Å². The van der Waals surface area contributed by atoms with Gasteiger partial charge in [0.15, 0.2) is 5.69 Å². The Balaban J connectivity index is 2.14. The summed E-state index contributed by atoms with van der Waals surface area (Å²) in [5.74, 6) is 0.292. The fourth-order valence-corrected chi connectivity index (χ4v) is 2.92. The molecule has 0 bridgehead atoms. The summed E-state index contributed by atoms with van der Waals surface area (Å²) in [6.45, 7) is 5.56. The van der Waals surface area contributed by atoms with E-state index in [1.165, 1.54) is 0 Å². The molecule has 0 radical (unpaired) electrons. The SMILES string of the molecule is CC(C)c1[nH]nc(C(=O)N2CCC(N)CC2)c1Br. The number of amides is 1. The number of H-pyrrole nitrogens is 1. The molecule has 1 aromatic rings. The number of hydrogen-bond donors (Lipinski definition) is 2. The summed E-state index contributed by atoms with van der Waals surface area (Å²) in [4.78, 5) is 14.2. The van der Waals surface area contributed by atoms with E-state index in [-0.39, 0.29) is 11.9 Å². The van der Waals surface area contributed by atoms with Crippen molar-refractivity contribution in [2.45, 2.75) is 38.6 Å². The molecule has 1 saturated heterocycles. The first-order valence-corrected chi connectivity index (χ1v) is 7.08. The first-order valence-electron chi connectivity index (χ1n) is 6.29. The number of nitrogens with two attached hydrogens (primary N) is 1. The van der Waals surface area contributed by atoms with Crippen LogP contribution in [0.4, 0.5) is 0 Å². The molecule has 0 aliphatic carbocycles. The number of hydrogen-bond acceptors (Lipinski definition) is 3. The van der Waals surface area contributed by atoms with Gasteiger partial charge in [0, 0.05) is 19.1 Å². The lowest BCUT2D eigenvalue weighted by molar-refractivity contribution is 0.0708. The number of carbonyl (C=O) groups is 1. The van der Waals surface area contributed by atoms with E-state index in [4.69, 9.17) is 5.73 Å². The number of aromatic nitrogens is 2. The van der Waals surface area contributed by atoms with Crippen LogP contribution in [-0.2, 0) is 0 Å². The van der Waals surface area contributed by atoms with E-state index >= 15 is 0 Å². The van der Waals surface area contributed by atoms with E-state index in [1.54, 1.807) is 0 Å². The van der Waals surface area contributed by atoms with Crippen molar-refractivity contribution in [1.82, 2.24) is 15.1 Å². The van der Waals surface area contributed by atoms with Crippen LogP contribution in [0.1, 0.15) is 48.8 Å². The van der Waals surface area contributed by atoms with Gasteiger partial charge < -0.3 is 10.6 Å². The van der Waals surface area contributed by atoms with Crippen LogP contribution in [0, 0.1) is 0 Å². The number of piperidine rings is 1. The molecule has 0 unspecified atom stereocenters. The fraction of sp³-hybridized carbons (Fsp3) is 0.667. The summed E-state index contributed by atoms with van der Waals surface area (Å²) in [5.41, 5.74) is 7.29. The molecule has 5 nitrogen and oxygen atoms in total. The molecule has 0 atom stereocenters. The van der Waals surface area contributed by atoms with Crippen molar-refractivity contribution in [3.8, 4) is 0 Å². The molecule has 2 heterocycles. The van der Waals surface area contributed by atoms with E-state index in [2.05, 4.69) is 40.0 Å². The zero-order chi connectivity index (χ0) is 13.3. The van der Waals surface area contributed by atoms with Gasteiger partial charge in [-0.15, -0.1) is 0 Å². The summed E-state index contributed by atoms with van der Waals surface area (Å²) in [6, 6.07) is 0.225. The van der Waals surface area contributed by atoms with Crippen LogP contribution in [-0.4, -0.2) is 40.1 Å². The Morgan fingerprint density at radius 3 is 2.61 bits per heavy atom. The molecule has 1 amide bonds. The highest BCUT2D eigenvalue weighted by molar-refractivity contribution is 9.10. The summed E-state index contributed by atoms with van der Waals surface area (Å²) >= 11 is 3.46. The number of aromatic amines is 1. The minimum Gasteiger partial charge on any atom is -0.337 e. The highest BCUT2D eigenvalue weighted by Crippen LogP contribution is 2.26. The van der Waals surface area contributed by atoms with Crippen molar-refractivity contribution >= 4 is 21.8 Å². The third-order valence-electron chi connectivity index (χ3n) is 3.34. The molecule has 0 saturated carbocycles. The van der Waals surface area contributed by atoms with Gasteiger partial charge in [-0.1, -0.05) is 13.8 Å². The number of carbonyl (C=O) groups excluding carboxylic acids is 1. The molecule has 1 aromatic heterocycles. The molecule has 6 heteroatoms. The smallest absolute Gasteiger partial charge is 0.275 e. The van der Waals surface area contributed by atoms with Gasteiger partial charge in [-0.3, -0.25) is 9.89 Å². The number of nitrogens with zero attached hydrogens (tertiary/aromatic N) is 2. The van der Waals surface area contributed by atoms with Crippen molar-refractivity contribution in [3.63, 3.8) is 0 Å². The van der Waals surface area contributed by atoms with Crippen LogP contribution in [0.2, 0.25) is 0 Å². The zero-order valence-electron chi connectivity index (χ0n) is 10.7. The average molecular weight is 315 g/mol. The molecule has 18 heavy (non-hydrogen) atoms. The van der Waals surface area contributed by atoms with Crippen LogP contribution in [0.5, 0.6) is 0 Å². The Bertz CT molecular complexity index is 435. The average Bonchev–Trinajstić information content (AvgIpc) is 2.71. The molecule has 1 aliphatic rings. The highest BCUT2D eigenvalue weighted by Gasteiger charge is 2.26. The Kier molecular flexibility index (Phi) is 4.07. The van der Waals surface area contributed by atoms with Gasteiger partial charge in [0.05, 0.1) is 10.2 Å². The van der Waals surface area contributed by atoms with Gasteiger partial charge in [-0.05, 0) is 34.7 Å². The van der Waals surface area contributed by atoms with Gasteiger partial charge in [-0.2, -0.15) is 5.10 Å². The number of halogens is 1. The summed E-state index contributed by atoms with van der Waals surface area (Å²) in [6.07, 6.45) is 1.73. The van der Waals surface area contributed by atoms with Gasteiger partial charge in [0.25, 0.3) is 5.91 Å². The second-order valence-corrected chi connectivity index (χ2v) is 5.88. The Hall–Kier alpha value is -0.880. The Morgan fingerprint density at radius 1 is 1.50 bits per heavy atom.